The lowest BCUT2D eigenvalue weighted by molar-refractivity contribution is 0.151. The fourth-order valence-electron chi connectivity index (χ4n) is 3.73. The largest absolute Gasteiger partial charge is 0.388 e. The molecular formula is C23H27NO4S. The molecule has 1 aromatic heterocycles. The number of allylic oxidation sites excluding steroid dienone is 1. The Kier molecular flexibility index (Phi) is 6.57. The van der Waals surface area contributed by atoms with Crippen molar-refractivity contribution in [2.45, 2.75) is 49.7 Å². The normalized spacial score (nSPS) is 14.0. The number of unbranched alkanes of at least 4 members (excludes halogenated alkanes) is 2. The highest BCUT2D eigenvalue weighted by Gasteiger charge is 2.31. The first-order valence-electron chi connectivity index (χ1n) is 9.80. The predicted molar refractivity (Wildman–Crippen MR) is 115 cm³/mol. The van der Waals surface area contributed by atoms with Crippen molar-refractivity contribution in [2.75, 3.05) is 0 Å². The summed E-state index contributed by atoms with van der Waals surface area (Å²) in [5.74, 6) is 0. The summed E-state index contributed by atoms with van der Waals surface area (Å²) in [5, 5.41) is 22.1. The molecule has 2 aromatic carbocycles. The molecule has 2 unspecified atom stereocenters. The van der Waals surface area contributed by atoms with E-state index in [-0.39, 0.29) is 10.6 Å². The number of aliphatic hydroxyl groups excluding tert-OH is 2. The van der Waals surface area contributed by atoms with Gasteiger partial charge >= 0.3 is 0 Å². The first-order chi connectivity index (χ1) is 13.9. The van der Waals surface area contributed by atoms with E-state index in [9.17, 15) is 18.6 Å². The number of hydrogen-bond acceptors (Lipinski definition) is 4. The molecule has 29 heavy (non-hydrogen) atoms. The molecule has 0 bridgehead atoms. The number of fused-ring (bicyclic) bond motifs is 1. The molecule has 154 valence electrons. The van der Waals surface area contributed by atoms with Crippen LogP contribution < -0.4 is 0 Å². The SMILES string of the molecule is C=CCCCCC(O)c1c(C(C)O)n(S(=O)(=O)c2ccccc2)c2ccccc12. The Bertz CT molecular complexity index is 1080. The Morgan fingerprint density at radius 2 is 1.69 bits per heavy atom. The number of hydrogen-bond donors (Lipinski definition) is 2. The number of rotatable bonds is 9. The highest BCUT2D eigenvalue weighted by atomic mass is 32.2. The van der Waals surface area contributed by atoms with Gasteiger partial charge in [-0.3, -0.25) is 0 Å². The van der Waals surface area contributed by atoms with Crippen LogP contribution in [0.5, 0.6) is 0 Å². The van der Waals surface area contributed by atoms with E-state index in [2.05, 4.69) is 6.58 Å². The van der Waals surface area contributed by atoms with Crippen LogP contribution in [0.25, 0.3) is 10.9 Å². The molecule has 0 aliphatic rings. The summed E-state index contributed by atoms with van der Waals surface area (Å²) in [6, 6.07) is 15.2. The molecule has 0 amide bonds. The fourth-order valence-corrected chi connectivity index (χ4v) is 5.37. The third-order valence-corrected chi connectivity index (χ3v) is 6.80. The molecule has 0 saturated carbocycles. The predicted octanol–water partition coefficient (Wildman–Crippen LogP) is 4.71. The van der Waals surface area contributed by atoms with Gasteiger partial charge in [-0.05, 0) is 44.4 Å². The molecule has 0 saturated heterocycles. The second kappa shape index (κ2) is 8.95. The van der Waals surface area contributed by atoms with E-state index in [0.29, 0.717) is 22.9 Å². The van der Waals surface area contributed by atoms with Gasteiger partial charge in [0.2, 0.25) is 0 Å². The summed E-state index contributed by atoms with van der Waals surface area (Å²) in [6.07, 6.45) is 2.90. The van der Waals surface area contributed by atoms with E-state index >= 15 is 0 Å². The summed E-state index contributed by atoms with van der Waals surface area (Å²) in [5.41, 5.74) is 1.15. The Balaban J connectivity index is 2.21. The molecule has 1 heterocycles. The van der Waals surface area contributed by atoms with E-state index in [4.69, 9.17) is 0 Å². The van der Waals surface area contributed by atoms with Crippen molar-refractivity contribution in [2.24, 2.45) is 0 Å². The van der Waals surface area contributed by atoms with Gasteiger partial charge in [0.05, 0.1) is 28.3 Å². The van der Waals surface area contributed by atoms with Gasteiger partial charge in [-0.15, -0.1) is 6.58 Å². The van der Waals surface area contributed by atoms with Crippen molar-refractivity contribution in [1.82, 2.24) is 3.97 Å². The maximum absolute atomic E-state index is 13.5. The Labute approximate surface area is 172 Å². The fraction of sp³-hybridized carbons (Fsp3) is 0.304. The number of para-hydroxylation sites is 1. The molecule has 0 aliphatic carbocycles. The summed E-state index contributed by atoms with van der Waals surface area (Å²) < 4.78 is 28.1. The van der Waals surface area contributed by atoms with Gasteiger partial charge in [-0.2, -0.15) is 0 Å². The third kappa shape index (κ3) is 4.15. The van der Waals surface area contributed by atoms with E-state index in [0.717, 1.165) is 19.3 Å². The van der Waals surface area contributed by atoms with Crippen molar-refractivity contribution < 1.29 is 18.6 Å². The highest BCUT2D eigenvalue weighted by Crippen LogP contribution is 2.38. The third-order valence-electron chi connectivity index (χ3n) is 5.05. The average molecular weight is 414 g/mol. The number of aliphatic hydroxyl groups is 2. The molecule has 2 N–H and O–H groups in total. The second-order valence-corrected chi connectivity index (χ2v) is 8.95. The minimum atomic E-state index is -3.95. The van der Waals surface area contributed by atoms with Crippen LogP contribution in [0, 0.1) is 0 Å². The van der Waals surface area contributed by atoms with Crippen molar-refractivity contribution in [3.63, 3.8) is 0 Å². The molecule has 3 rings (SSSR count). The summed E-state index contributed by atoms with van der Waals surface area (Å²) in [6.45, 7) is 5.23. The van der Waals surface area contributed by atoms with Crippen LogP contribution in [0.2, 0.25) is 0 Å². The van der Waals surface area contributed by atoms with Crippen molar-refractivity contribution >= 4 is 20.9 Å². The molecule has 0 fully saturated rings. The van der Waals surface area contributed by atoms with E-state index in [1.165, 1.54) is 23.0 Å². The minimum Gasteiger partial charge on any atom is -0.388 e. The van der Waals surface area contributed by atoms with Crippen molar-refractivity contribution in [3.8, 4) is 0 Å². The lowest BCUT2D eigenvalue weighted by Gasteiger charge is -2.17. The Hall–Kier alpha value is -2.41. The van der Waals surface area contributed by atoms with Gasteiger partial charge in [0.1, 0.15) is 0 Å². The number of aromatic nitrogens is 1. The molecule has 6 heteroatoms. The molecule has 5 nitrogen and oxygen atoms in total. The van der Waals surface area contributed by atoms with Gasteiger partial charge in [0.15, 0.2) is 0 Å². The molecule has 3 aromatic rings. The average Bonchev–Trinajstić information content (AvgIpc) is 3.08. The minimum absolute atomic E-state index is 0.134. The first-order valence-corrected chi connectivity index (χ1v) is 11.2. The summed E-state index contributed by atoms with van der Waals surface area (Å²) in [7, 11) is -3.95. The van der Waals surface area contributed by atoms with Crippen molar-refractivity contribution in [1.29, 1.82) is 0 Å². The van der Waals surface area contributed by atoms with Crippen LogP contribution in [-0.4, -0.2) is 22.6 Å². The zero-order valence-electron chi connectivity index (χ0n) is 16.5. The molecule has 0 aliphatic heterocycles. The lowest BCUT2D eigenvalue weighted by atomic mass is 9.98. The number of benzene rings is 2. The van der Waals surface area contributed by atoms with E-state index < -0.39 is 22.2 Å². The first kappa shape index (κ1) is 21.3. The van der Waals surface area contributed by atoms with Crippen LogP contribution in [0.15, 0.2) is 72.1 Å². The smallest absolute Gasteiger partial charge is 0.268 e. The van der Waals surface area contributed by atoms with Gasteiger partial charge < -0.3 is 10.2 Å². The quantitative estimate of drug-likeness (QED) is 0.393. The second-order valence-electron chi connectivity index (χ2n) is 7.16. The number of nitrogens with zero attached hydrogens (tertiary/aromatic N) is 1. The summed E-state index contributed by atoms with van der Waals surface area (Å²) >= 11 is 0. The molecular weight excluding hydrogens is 386 g/mol. The van der Waals surface area contributed by atoms with E-state index in [1.807, 2.05) is 12.1 Å². The molecule has 0 radical (unpaired) electrons. The highest BCUT2D eigenvalue weighted by molar-refractivity contribution is 7.90. The maximum Gasteiger partial charge on any atom is 0.268 e. The van der Waals surface area contributed by atoms with Crippen LogP contribution in [0.1, 0.15) is 56.1 Å². The van der Waals surface area contributed by atoms with Crippen LogP contribution in [-0.2, 0) is 10.0 Å². The van der Waals surface area contributed by atoms with Crippen molar-refractivity contribution in [3.05, 3.63) is 78.5 Å². The standard InChI is InChI=1S/C23H27NO4S/c1-3-4-5-9-16-21(26)22-19-14-10-11-15-20(19)24(23(22)17(2)25)29(27,28)18-12-7-6-8-13-18/h3,6-8,10-15,17,21,25-26H,1,4-5,9,16H2,2H3. The molecule has 2 atom stereocenters. The zero-order valence-corrected chi connectivity index (χ0v) is 17.3. The monoisotopic (exact) mass is 413 g/mol. The van der Waals surface area contributed by atoms with Gasteiger partial charge in [0, 0.05) is 10.9 Å². The topological polar surface area (TPSA) is 79.5 Å². The van der Waals surface area contributed by atoms with Crippen LogP contribution in [0.4, 0.5) is 0 Å². The van der Waals surface area contributed by atoms with Crippen LogP contribution in [0.3, 0.4) is 0 Å². The van der Waals surface area contributed by atoms with E-state index in [1.54, 1.807) is 36.4 Å². The van der Waals surface area contributed by atoms with Gasteiger partial charge in [0.25, 0.3) is 10.0 Å². The van der Waals surface area contributed by atoms with Gasteiger partial charge in [-0.1, -0.05) is 48.9 Å². The molecule has 0 spiro atoms. The summed E-state index contributed by atoms with van der Waals surface area (Å²) in [4.78, 5) is 0.134. The Morgan fingerprint density at radius 1 is 1.03 bits per heavy atom. The zero-order chi connectivity index (χ0) is 21.0. The Morgan fingerprint density at radius 3 is 2.34 bits per heavy atom. The maximum atomic E-state index is 13.5. The van der Waals surface area contributed by atoms with Gasteiger partial charge in [-0.25, -0.2) is 12.4 Å². The lowest BCUT2D eigenvalue weighted by Crippen LogP contribution is -2.18. The van der Waals surface area contributed by atoms with Crippen LogP contribution >= 0.6 is 0 Å².